The van der Waals surface area contributed by atoms with Crippen LogP contribution < -0.4 is 5.32 Å². The number of fused-ring (bicyclic) bond motifs is 2. The van der Waals surface area contributed by atoms with E-state index in [0.717, 1.165) is 43.8 Å². The van der Waals surface area contributed by atoms with Gasteiger partial charge in [0.05, 0.1) is 38.6 Å². The van der Waals surface area contributed by atoms with Crippen LogP contribution in [0.25, 0.3) is 32.5 Å². The molecule has 0 aliphatic rings. The maximum Gasteiger partial charge on any atom is 0.261 e. The lowest BCUT2D eigenvalue weighted by molar-refractivity contribution is 0.0954. The van der Waals surface area contributed by atoms with Gasteiger partial charge in [0.1, 0.15) is 5.69 Å². The van der Waals surface area contributed by atoms with Crippen LogP contribution in [0, 0.1) is 0 Å². The van der Waals surface area contributed by atoms with Gasteiger partial charge in [-0.15, -0.1) is 11.3 Å². The molecule has 0 aliphatic heterocycles. The minimum absolute atomic E-state index is 0.122. The topological polar surface area (TPSA) is 95.7 Å². The Balaban J connectivity index is 1.38. The standard InChI is InChI=1S/C27H31N5O2SSi/c1-26(2,3)36-34-27(4,5)17-9-10-19-16(12-17)13-20(30-19)23-24-21(31-32-23)14-22(35-24)25(33)29-15-18-8-6-7-11-28-18/h6-14,30H,15,36H2,1-5H3,(H,29,33)(H,31,32). The second kappa shape index (κ2) is 9.31. The van der Waals surface area contributed by atoms with Gasteiger partial charge in [0.25, 0.3) is 5.91 Å². The van der Waals surface area contributed by atoms with Gasteiger partial charge in [-0.25, -0.2) is 0 Å². The molecule has 5 rings (SSSR count). The largest absolute Gasteiger partial charge is 0.415 e. The lowest BCUT2D eigenvalue weighted by atomic mass is 9.97. The van der Waals surface area contributed by atoms with Crippen LogP contribution in [0.15, 0.2) is 54.7 Å². The van der Waals surface area contributed by atoms with Gasteiger partial charge in [-0.1, -0.05) is 32.9 Å². The molecule has 4 aromatic heterocycles. The number of pyridine rings is 1. The predicted octanol–water partition coefficient (Wildman–Crippen LogP) is 5.65. The first-order chi connectivity index (χ1) is 17.1. The van der Waals surface area contributed by atoms with Gasteiger partial charge in [-0.3, -0.25) is 14.9 Å². The van der Waals surface area contributed by atoms with E-state index in [9.17, 15) is 4.79 Å². The van der Waals surface area contributed by atoms with E-state index in [4.69, 9.17) is 4.43 Å². The number of nitrogens with zero attached hydrogens (tertiary/aromatic N) is 2. The summed E-state index contributed by atoms with van der Waals surface area (Å²) >= 11 is 1.43. The molecular weight excluding hydrogens is 486 g/mol. The molecular formula is C27H31N5O2SSi. The molecule has 0 saturated heterocycles. The monoisotopic (exact) mass is 517 g/mol. The van der Waals surface area contributed by atoms with Crippen molar-refractivity contribution in [2.45, 2.75) is 51.8 Å². The summed E-state index contributed by atoms with van der Waals surface area (Å²) in [7, 11) is -0.683. The number of rotatable bonds is 7. The van der Waals surface area contributed by atoms with Crippen molar-refractivity contribution in [3.05, 3.63) is 70.9 Å². The van der Waals surface area contributed by atoms with Crippen LogP contribution >= 0.6 is 11.3 Å². The highest BCUT2D eigenvalue weighted by molar-refractivity contribution is 7.21. The summed E-state index contributed by atoms with van der Waals surface area (Å²) in [5, 5.41) is 11.9. The predicted molar refractivity (Wildman–Crippen MR) is 149 cm³/mol. The van der Waals surface area contributed by atoms with E-state index in [-0.39, 0.29) is 16.5 Å². The highest BCUT2D eigenvalue weighted by Crippen LogP contribution is 2.36. The molecule has 0 bridgehead atoms. The van der Waals surface area contributed by atoms with Crippen molar-refractivity contribution in [2.24, 2.45) is 0 Å². The van der Waals surface area contributed by atoms with Crippen molar-refractivity contribution in [1.29, 1.82) is 0 Å². The molecule has 36 heavy (non-hydrogen) atoms. The smallest absolute Gasteiger partial charge is 0.261 e. The lowest BCUT2D eigenvalue weighted by Crippen LogP contribution is -2.27. The van der Waals surface area contributed by atoms with Crippen LogP contribution in [-0.2, 0) is 16.6 Å². The Hall–Kier alpha value is -3.27. The quantitative estimate of drug-likeness (QED) is 0.243. The molecule has 0 aliphatic carbocycles. The maximum absolute atomic E-state index is 12.7. The minimum atomic E-state index is -0.683. The number of amides is 1. The van der Waals surface area contributed by atoms with Crippen molar-refractivity contribution in [3.63, 3.8) is 0 Å². The van der Waals surface area contributed by atoms with Crippen molar-refractivity contribution in [1.82, 2.24) is 25.5 Å². The van der Waals surface area contributed by atoms with Crippen molar-refractivity contribution < 1.29 is 9.22 Å². The molecule has 9 heteroatoms. The van der Waals surface area contributed by atoms with E-state index in [1.165, 1.54) is 11.3 Å². The normalized spacial score (nSPS) is 12.8. The number of carbonyl (C=O) groups excluding carboxylic acids is 1. The van der Waals surface area contributed by atoms with E-state index in [2.05, 4.69) is 84.4 Å². The molecule has 5 aromatic rings. The van der Waals surface area contributed by atoms with E-state index in [1.54, 1.807) is 6.20 Å². The van der Waals surface area contributed by atoms with Crippen molar-refractivity contribution in [3.8, 4) is 11.4 Å². The second-order valence-electron chi connectivity index (χ2n) is 10.8. The fraction of sp³-hybridized carbons (Fsp3) is 0.296. The average molecular weight is 518 g/mol. The lowest BCUT2D eigenvalue weighted by Gasteiger charge is -2.30. The zero-order chi connectivity index (χ0) is 25.5. The average Bonchev–Trinajstić information content (AvgIpc) is 3.55. The molecule has 0 saturated carbocycles. The van der Waals surface area contributed by atoms with Crippen LogP contribution in [0.1, 0.15) is 55.5 Å². The number of thiophene rings is 1. The summed E-state index contributed by atoms with van der Waals surface area (Å²) in [5.41, 5.74) is 5.26. The fourth-order valence-corrected chi connectivity index (χ4v) is 5.98. The first-order valence-electron chi connectivity index (χ1n) is 12.0. The third-order valence-electron chi connectivity index (χ3n) is 6.05. The molecule has 1 amide bonds. The Labute approximate surface area is 216 Å². The fourth-order valence-electron chi connectivity index (χ4n) is 3.99. The van der Waals surface area contributed by atoms with Gasteiger partial charge in [-0.05, 0) is 60.8 Å². The molecule has 0 spiro atoms. The highest BCUT2D eigenvalue weighted by Gasteiger charge is 2.25. The first kappa shape index (κ1) is 24.4. The zero-order valence-electron chi connectivity index (χ0n) is 21.2. The summed E-state index contributed by atoms with van der Waals surface area (Å²) in [5.74, 6) is -0.122. The highest BCUT2D eigenvalue weighted by atomic mass is 32.1. The van der Waals surface area contributed by atoms with Crippen LogP contribution in [0.2, 0.25) is 5.04 Å². The van der Waals surface area contributed by atoms with Gasteiger partial charge >= 0.3 is 0 Å². The summed E-state index contributed by atoms with van der Waals surface area (Å²) < 4.78 is 7.36. The number of hydrogen-bond acceptors (Lipinski definition) is 5. The second-order valence-corrected chi connectivity index (χ2v) is 14.5. The van der Waals surface area contributed by atoms with Crippen molar-refractivity contribution in [2.75, 3.05) is 0 Å². The maximum atomic E-state index is 12.7. The van der Waals surface area contributed by atoms with E-state index in [0.29, 0.717) is 11.4 Å². The number of aromatic amines is 2. The summed E-state index contributed by atoms with van der Waals surface area (Å²) in [6.45, 7) is 11.4. The summed E-state index contributed by atoms with van der Waals surface area (Å²) in [4.78, 5) is 21.1. The van der Waals surface area contributed by atoms with Crippen LogP contribution in [-0.4, -0.2) is 35.8 Å². The number of hydrogen-bond donors (Lipinski definition) is 3. The SMILES string of the molecule is CC(C)(C)[SiH2]OC(C)(C)c1ccc2[nH]c(-c3n[nH]c4cc(C(=O)NCc5ccccn5)sc34)cc2c1. The van der Waals surface area contributed by atoms with E-state index >= 15 is 0 Å². The number of nitrogens with one attached hydrogen (secondary N) is 3. The third-order valence-corrected chi connectivity index (χ3v) is 8.93. The number of H-pyrrole nitrogens is 2. The Morgan fingerprint density at radius 3 is 2.67 bits per heavy atom. The number of carbonyl (C=O) groups is 1. The van der Waals surface area contributed by atoms with Gasteiger partial charge in [-0.2, -0.15) is 5.10 Å². The van der Waals surface area contributed by atoms with Gasteiger partial charge in [0.15, 0.2) is 9.76 Å². The van der Waals surface area contributed by atoms with Crippen LogP contribution in [0.3, 0.4) is 0 Å². The molecule has 4 heterocycles. The van der Waals surface area contributed by atoms with Gasteiger partial charge < -0.3 is 14.7 Å². The van der Waals surface area contributed by atoms with E-state index < -0.39 is 9.76 Å². The molecule has 0 unspecified atom stereocenters. The Kier molecular flexibility index (Phi) is 6.32. The van der Waals surface area contributed by atoms with Crippen molar-refractivity contribution >= 4 is 48.1 Å². The Morgan fingerprint density at radius 1 is 1.08 bits per heavy atom. The number of aromatic nitrogens is 4. The van der Waals surface area contributed by atoms with E-state index in [1.807, 2.05) is 24.3 Å². The molecule has 3 N–H and O–H groups in total. The van der Waals surface area contributed by atoms with Gasteiger partial charge in [0.2, 0.25) is 0 Å². The Morgan fingerprint density at radius 2 is 1.92 bits per heavy atom. The molecule has 1 aromatic carbocycles. The minimum Gasteiger partial charge on any atom is -0.415 e. The molecule has 7 nitrogen and oxygen atoms in total. The third kappa shape index (κ3) is 5.13. The summed E-state index contributed by atoms with van der Waals surface area (Å²) in [6.07, 6.45) is 1.72. The van der Waals surface area contributed by atoms with Crippen LogP contribution in [0.5, 0.6) is 0 Å². The molecule has 0 radical (unpaired) electrons. The zero-order valence-corrected chi connectivity index (χ0v) is 23.5. The first-order valence-corrected chi connectivity index (χ1v) is 14.1. The number of benzene rings is 1. The molecule has 0 fully saturated rings. The summed E-state index contributed by atoms with van der Waals surface area (Å²) in [6, 6.07) is 16.1. The Bertz CT molecular complexity index is 1530. The molecule has 0 atom stereocenters. The van der Waals surface area contributed by atoms with Crippen LogP contribution in [0.4, 0.5) is 0 Å². The van der Waals surface area contributed by atoms with Gasteiger partial charge in [0, 0.05) is 17.1 Å². The molecule has 186 valence electrons.